The van der Waals surface area contributed by atoms with Crippen LogP contribution in [-0.4, -0.2) is 11.8 Å². The lowest BCUT2D eigenvalue weighted by molar-refractivity contribution is -0.128. The first kappa shape index (κ1) is 12.6. The number of ether oxygens (including phenoxy) is 1. The molecule has 1 heterocycles. The molecular formula is C13H9BrO4. The summed E-state index contributed by atoms with van der Waals surface area (Å²) in [5.41, 5.74) is 0.903. The van der Waals surface area contributed by atoms with Gasteiger partial charge < -0.3 is 8.57 Å². The molecule has 1 aliphatic rings. The van der Waals surface area contributed by atoms with Crippen LogP contribution in [0.1, 0.15) is 12.5 Å². The second-order valence-electron chi connectivity index (χ2n) is 3.66. The molecule has 0 saturated heterocycles. The Balaban J connectivity index is 2.31. The van der Waals surface area contributed by atoms with Gasteiger partial charge in [-0.05, 0) is 6.92 Å². The summed E-state index contributed by atoms with van der Waals surface area (Å²) in [6.45, 7) is 1.47. The second kappa shape index (κ2) is 5.18. The van der Waals surface area contributed by atoms with Crippen molar-refractivity contribution in [1.82, 2.24) is 0 Å². The molecule has 0 atom stereocenters. The van der Waals surface area contributed by atoms with Gasteiger partial charge in [0.05, 0.1) is 5.57 Å². The van der Waals surface area contributed by atoms with Crippen LogP contribution in [0.15, 0.2) is 47.7 Å². The fourth-order valence-corrected chi connectivity index (χ4v) is 1.77. The highest BCUT2D eigenvalue weighted by Crippen LogP contribution is 2.28. The lowest BCUT2D eigenvalue weighted by atomic mass is 10.1. The third-order valence-corrected chi connectivity index (χ3v) is 2.77. The van der Waals surface area contributed by atoms with E-state index in [4.69, 9.17) is 4.74 Å². The third-order valence-electron chi connectivity index (χ3n) is 2.47. The quantitative estimate of drug-likeness (QED) is 0.788. The number of halogens is 1. The van der Waals surface area contributed by atoms with E-state index in [1.807, 2.05) is 30.3 Å². The average molecular weight is 309 g/mol. The van der Waals surface area contributed by atoms with E-state index < -0.39 is 5.97 Å². The van der Waals surface area contributed by atoms with Gasteiger partial charge in [-0.15, -0.1) is 0 Å². The van der Waals surface area contributed by atoms with Gasteiger partial charge in [-0.3, -0.25) is 4.79 Å². The van der Waals surface area contributed by atoms with Crippen LogP contribution in [-0.2, 0) is 18.2 Å². The Bertz CT molecular complexity index is 558. The SMILES string of the molecule is C/C(C(=O)OBr)=C1\OC(c2ccccc2)=CC1=O. The van der Waals surface area contributed by atoms with Crippen LogP contribution >= 0.6 is 16.3 Å². The Morgan fingerprint density at radius 2 is 1.94 bits per heavy atom. The van der Waals surface area contributed by atoms with E-state index in [2.05, 4.69) is 20.1 Å². The average Bonchev–Trinajstić information content (AvgIpc) is 2.80. The number of benzene rings is 1. The number of rotatable bonds is 2. The van der Waals surface area contributed by atoms with Crippen molar-refractivity contribution in [3.05, 3.63) is 53.3 Å². The van der Waals surface area contributed by atoms with Crippen molar-refractivity contribution in [1.29, 1.82) is 0 Å². The summed E-state index contributed by atoms with van der Waals surface area (Å²) < 4.78 is 9.79. The van der Waals surface area contributed by atoms with Crippen molar-refractivity contribution in [3.8, 4) is 0 Å². The van der Waals surface area contributed by atoms with Gasteiger partial charge in [0.1, 0.15) is 5.76 Å². The maximum Gasteiger partial charge on any atom is 0.349 e. The molecule has 0 N–H and O–H groups in total. The molecule has 5 heteroatoms. The van der Waals surface area contributed by atoms with E-state index in [1.165, 1.54) is 13.0 Å². The molecule has 0 bridgehead atoms. The first-order valence-corrected chi connectivity index (χ1v) is 5.81. The molecule has 0 aliphatic carbocycles. The maximum absolute atomic E-state index is 11.7. The standard InChI is InChI=1S/C13H9BrO4/c1-8(13(16)18-14)12-10(15)7-11(17-12)9-5-3-2-4-6-9/h2-7H,1H3/b12-8+. The van der Waals surface area contributed by atoms with Crippen LogP contribution in [0.5, 0.6) is 0 Å². The molecule has 4 nitrogen and oxygen atoms in total. The maximum atomic E-state index is 11.7. The molecular weight excluding hydrogens is 300 g/mol. The summed E-state index contributed by atoms with van der Waals surface area (Å²) in [4.78, 5) is 23.0. The van der Waals surface area contributed by atoms with Gasteiger partial charge in [0, 0.05) is 11.6 Å². The van der Waals surface area contributed by atoms with Crippen LogP contribution in [0.3, 0.4) is 0 Å². The highest BCUT2D eigenvalue weighted by Gasteiger charge is 2.27. The van der Waals surface area contributed by atoms with E-state index in [0.29, 0.717) is 5.76 Å². The summed E-state index contributed by atoms with van der Waals surface area (Å²) in [5.74, 6) is -0.569. The van der Waals surface area contributed by atoms with E-state index in [-0.39, 0.29) is 17.1 Å². The highest BCUT2D eigenvalue weighted by molar-refractivity contribution is 9.06. The smallest absolute Gasteiger partial charge is 0.349 e. The summed E-state index contributed by atoms with van der Waals surface area (Å²) >= 11 is 2.57. The molecule has 92 valence electrons. The van der Waals surface area contributed by atoms with Crippen LogP contribution in [0, 0.1) is 0 Å². The summed E-state index contributed by atoms with van der Waals surface area (Å²) in [6.07, 6.45) is 1.36. The number of ketones is 1. The molecule has 0 radical (unpaired) electrons. The zero-order valence-corrected chi connectivity index (χ0v) is 11.1. The molecule has 18 heavy (non-hydrogen) atoms. The molecule has 2 rings (SSSR count). The fraction of sp³-hybridized carbons (Fsp3) is 0.0769. The summed E-state index contributed by atoms with van der Waals surface area (Å²) in [5, 5.41) is 0. The topological polar surface area (TPSA) is 52.6 Å². The predicted molar refractivity (Wildman–Crippen MR) is 68.2 cm³/mol. The monoisotopic (exact) mass is 308 g/mol. The minimum Gasteiger partial charge on any atom is -0.452 e. The van der Waals surface area contributed by atoms with Crippen molar-refractivity contribution in [2.24, 2.45) is 0 Å². The molecule has 1 aliphatic heterocycles. The molecule has 1 aromatic rings. The van der Waals surface area contributed by atoms with Gasteiger partial charge in [-0.25, -0.2) is 4.79 Å². The van der Waals surface area contributed by atoms with Crippen molar-refractivity contribution in [2.75, 3.05) is 0 Å². The van der Waals surface area contributed by atoms with Crippen LogP contribution in [0.4, 0.5) is 0 Å². The molecule has 0 fully saturated rings. The van der Waals surface area contributed by atoms with Gasteiger partial charge in [0.15, 0.2) is 22.0 Å². The van der Waals surface area contributed by atoms with Crippen molar-refractivity contribution >= 4 is 33.8 Å². The minimum absolute atomic E-state index is 0.00157. The lowest BCUT2D eigenvalue weighted by Gasteiger charge is -2.05. The van der Waals surface area contributed by atoms with E-state index >= 15 is 0 Å². The molecule has 0 spiro atoms. The molecule has 0 saturated carbocycles. The fourth-order valence-electron chi connectivity index (χ4n) is 1.53. The van der Waals surface area contributed by atoms with Gasteiger partial charge in [-0.1, -0.05) is 30.3 Å². The van der Waals surface area contributed by atoms with Crippen molar-refractivity contribution < 1.29 is 18.2 Å². The number of hydrogen-bond donors (Lipinski definition) is 0. The first-order chi connectivity index (χ1) is 8.63. The zero-order chi connectivity index (χ0) is 13.1. The Morgan fingerprint density at radius 3 is 2.56 bits per heavy atom. The number of carbonyl (C=O) groups is 2. The number of carbonyl (C=O) groups excluding carboxylic acids is 2. The Kier molecular flexibility index (Phi) is 3.62. The van der Waals surface area contributed by atoms with Gasteiger partial charge in [-0.2, -0.15) is 0 Å². The summed E-state index contributed by atoms with van der Waals surface area (Å²) in [7, 11) is 0. The second-order valence-corrected chi connectivity index (χ2v) is 3.98. The van der Waals surface area contributed by atoms with Crippen molar-refractivity contribution in [2.45, 2.75) is 6.92 Å². The Morgan fingerprint density at radius 1 is 1.28 bits per heavy atom. The lowest BCUT2D eigenvalue weighted by Crippen LogP contribution is -2.06. The highest BCUT2D eigenvalue weighted by atomic mass is 79.9. The normalized spacial score (nSPS) is 17.0. The third kappa shape index (κ3) is 2.36. The number of allylic oxidation sites excluding steroid dienone is 1. The summed E-state index contributed by atoms with van der Waals surface area (Å²) in [6, 6.07) is 9.18. The van der Waals surface area contributed by atoms with Crippen molar-refractivity contribution in [3.63, 3.8) is 0 Å². The zero-order valence-electron chi connectivity index (χ0n) is 9.48. The predicted octanol–water partition coefficient (Wildman–Crippen LogP) is 2.75. The van der Waals surface area contributed by atoms with Gasteiger partial charge in [0.25, 0.3) is 0 Å². The van der Waals surface area contributed by atoms with Crippen LogP contribution in [0.25, 0.3) is 5.76 Å². The Hall–Kier alpha value is -1.88. The van der Waals surface area contributed by atoms with Crippen LogP contribution < -0.4 is 0 Å². The van der Waals surface area contributed by atoms with Gasteiger partial charge in [0.2, 0.25) is 5.78 Å². The minimum atomic E-state index is -0.652. The van der Waals surface area contributed by atoms with E-state index in [9.17, 15) is 9.59 Å². The van der Waals surface area contributed by atoms with E-state index in [0.717, 1.165) is 5.56 Å². The number of hydrogen-bond acceptors (Lipinski definition) is 4. The Labute approximate surface area is 112 Å². The molecule has 1 aromatic carbocycles. The molecule has 0 amide bonds. The first-order valence-electron chi connectivity index (χ1n) is 5.16. The van der Waals surface area contributed by atoms with E-state index in [1.54, 1.807) is 0 Å². The molecule has 0 aromatic heterocycles. The van der Waals surface area contributed by atoms with Crippen LogP contribution in [0.2, 0.25) is 0 Å². The van der Waals surface area contributed by atoms with Gasteiger partial charge >= 0.3 is 5.97 Å². The molecule has 0 unspecified atom stereocenters. The largest absolute Gasteiger partial charge is 0.452 e.